The Bertz CT molecular complexity index is 1160. The van der Waals surface area contributed by atoms with E-state index in [9.17, 15) is 9.59 Å². The zero-order valence-electron chi connectivity index (χ0n) is 20.5. The normalized spacial score (nSPS) is 14.8. The smallest absolute Gasteiger partial charge is 0.254 e. The van der Waals surface area contributed by atoms with Gasteiger partial charge in [-0.25, -0.2) is 0 Å². The first-order valence-electron chi connectivity index (χ1n) is 12.0. The maximum absolute atomic E-state index is 13.8. The van der Waals surface area contributed by atoms with Crippen molar-refractivity contribution in [3.8, 4) is 11.5 Å². The Balaban J connectivity index is 1.60. The van der Waals surface area contributed by atoms with Gasteiger partial charge in [0.1, 0.15) is 18.0 Å². The molecule has 184 valence electrons. The van der Waals surface area contributed by atoms with Crippen LogP contribution in [0.15, 0.2) is 60.0 Å². The molecule has 0 radical (unpaired) electrons. The standard InChI is InChI=1S/C28H32N2O4S/c1-4-5-15-29(28(32)21-7-6-8-23(18-21)34-3)19-26(31)30-16-13-25-24(14-17-35-25)27(30)20-9-11-22(33-2)12-10-20/h6-12,14,17-18,27H,4-5,13,15-16,19H2,1-3H3. The summed E-state index contributed by atoms with van der Waals surface area (Å²) in [5.74, 6) is 1.20. The number of carbonyl (C=O) groups is 2. The zero-order valence-corrected chi connectivity index (χ0v) is 21.3. The number of hydrogen-bond acceptors (Lipinski definition) is 5. The van der Waals surface area contributed by atoms with E-state index in [1.165, 1.54) is 10.4 Å². The van der Waals surface area contributed by atoms with Crippen LogP contribution in [0.5, 0.6) is 11.5 Å². The summed E-state index contributed by atoms with van der Waals surface area (Å²) >= 11 is 1.74. The predicted molar refractivity (Wildman–Crippen MR) is 138 cm³/mol. The molecule has 6 nitrogen and oxygen atoms in total. The molecule has 0 saturated carbocycles. The van der Waals surface area contributed by atoms with E-state index in [1.54, 1.807) is 48.7 Å². The van der Waals surface area contributed by atoms with Crippen LogP contribution in [0.2, 0.25) is 0 Å². The van der Waals surface area contributed by atoms with E-state index in [0.717, 1.165) is 30.6 Å². The molecule has 4 rings (SSSR count). The summed E-state index contributed by atoms with van der Waals surface area (Å²) in [4.78, 5) is 32.1. The number of fused-ring (bicyclic) bond motifs is 1. The summed E-state index contributed by atoms with van der Waals surface area (Å²) in [6.07, 6.45) is 2.59. The fourth-order valence-corrected chi connectivity index (χ4v) is 5.43. The molecule has 1 atom stereocenters. The Kier molecular flexibility index (Phi) is 8.08. The van der Waals surface area contributed by atoms with Gasteiger partial charge in [-0.1, -0.05) is 31.5 Å². The summed E-state index contributed by atoms with van der Waals surface area (Å²) in [6, 6.07) is 16.9. The first kappa shape index (κ1) is 24.8. The molecule has 2 aromatic carbocycles. The van der Waals surface area contributed by atoms with Gasteiger partial charge in [-0.15, -0.1) is 11.3 Å². The summed E-state index contributed by atoms with van der Waals surface area (Å²) in [7, 11) is 3.23. The Morgan fingerprint density at radius 2 is 1.83 bits per heavy atom. The van der Waals surface area contributed by atoms with Crippen molar-refractivity contribution in [1.29, 1.82) is 0 Å². The van der Waals surface area contributed by atoms with Crippen LogP contribution < -0.4 is 9.47 Å². The number of thiophene rings is 1. The predicted octanol–water partition coefficient (Wildman–Crippen LogP) is 5.18. The van der Waals surface area contributed by atoms with Crippen molar-refractivity contribution in [3.05, 3.63) is 81.5 Å². The minimum Gasteiger partial charge on any atom is -0.497 e. The molecule has 0 aliphatic carbocycles. The number of benzene rings is 2. The second kappa shape index (κ2) is 11.4. The molecule has 2 heterocycles. The average molecular weight is 493 g/mol. The van der Waals surface area contributed by atoms with Crippen LogP contribution in [0, 0.1) is 0 Å². The van der Waals surface area contributed by atoms with E-state index in [4.69, 9.17) is 9.47 Å². The number of carbonyl (C=O) groups excluding carboxylic acids is 2. The number of nitrogens with zero attached hydrogens (tertiary/aromatic N) is 2. The molecule has 1 aliphatic rings. The average Bonchev–Trinajstić information content (AvgIpc) is 3.39. The second-order valence-electron chi connectivity index (χ2n) is 8.62. The molecule has 0 fully saturated rings. The fourth-order valence-electron chi connectivity index (χ4n) is 4.52. The van der Waals surface area contributed by atoms with Crippen LogP contribution in [-0.2, 0) is 11.2 Å². The van der Waals surface area contributed by atoms with Gasteiger partial charge in [0.25, 0.3) is 5.91 Å². The molecule has 0 N–H and O–H groups in total. The zero-order chi connectivity index (χ0) is 24.8. The fraction of sp³-hybridized carbons (Fsp3) is 0.357. The van der Waals surface area contributed by atoms with Crippen LogP contribution in [-0.4, -0.2) is 55.5 Å². The SMILES string of the molecule is CCCCN(CC(=O)N1CCc2sccc2C1c1ccc(OC)cc1)C(=O)c1cccc(OC)c1. The highest BCUT2D eigenvalue weighted by molar-refractivity contribution is 7.10. The van der Waals surface area contributed by atoms with Crippen molar-refractivity contribution in [2.24, 2.45) is 0 Å². The van der Waals surface area contributed by atoms with Crippen molar-refractivity contribution in [2.75, 3.05) is 33.9 Å². The molecule has 2 amide bonds. The number of methoxy groups -OCH3 is 2. The van der Waals surface area contributed by atoms with Crippen LogP contribution in [0.1, 0.15) is 52.2 Å². The highest BCUT2D eigenvalue weighted by Crippen LogP contribution is 2.38. The van der Waals surface area contributed by atoms with Gasteiger partial charge in [0.05, 0.1) is 20.3 Å². The Labute approximate surface area is 211 Å². The largest absolute Gasteiger partial charge is 0.497 e. The summed E-state index contributed by atoms with van der Waals surface area (Å²) in [5, 5.41) is 2.09. The molecule has 1 aliphatic heterocycles. The highest BCUT2D eigenvalue weighted by Gasteiger charge is 2.34. The molecular formula is C28H32N2O4S. The monoisotopic (exact) mass is 492 g/mol. The molecule has 7 heteroatoms. The molecule has 35 heavy (non-hydrogen) atoms. The summed E-state index contributed by atoms with van der Waals surface area (Å²) in [6.45, 7) is 3.28. The van der Waals surface area contributed by atoms with Gasteiger partial charge in [0.2, 0.25) is 5.91 Å². The number of unbranched alkanes of at least 4 members (excludes halogenated alkanes) is 1. The van der Waals surface area contributed by atoms with E-state index in [0.29, 0.717) is 24.4 Å². The molecule has 0 spiro atoms. The lowest BCUT2D eigenvalue weighted by molar-refractivity contribution is -0.134. The lowest BCUT2D eigenvalue weighted by Crippen LogP contribution is -2.47. The van der Waals surface area contributed by atoms with E-state index in [-0.39, 0.29) is 24.4 Å². The van der Waals surface area contributed by atoms with Gasteiger partial charge in [-0.3, -0.25) is 9.59 Å². The number of amides is 2. The minimum atomic E-state index is -0.177. The van der Waals surface area contributed by atoms with Gasteiger partial charge >= 0.3 is 0 Å². The topological polar surface area (TPSA) is 59.1 Å². The molecule has 1 unspecified atom stereocenters. The molecule has 1 aromatic heterocycles. The Morgan fingerprint density at radius 1 is 1.06 bits per heavy atom. The van der Waals surface area contributed by atoms with Gasteiger partial charge in [-0.05, 0) is 65.7 Å². The third kappa shape index (κ3) is 5.51. The van der Waals surface area contributed by atoms with Crippen LogP contribution in [0.25, 0.3) is 0 Å². The van der Waals surface area contributed by atoms with E-state index in [1.807, 2.05) is 35.2 Å². The minimum absolute atomic E-state index is 0.0438. The molecule has 0 saturated heterocycles. The first-order valence-corrected chi connectivity index (χ1v) is 12.9. The van der Waals surface area contributed by atoms with Gasteiger partial charge < -0.3 is 19.3 Å². The van der Waals surface area contributed by atoms with E-state index >= 15 is 0 Å². The lowest BCUT2D eigenvalue weighted by Gasteiger charge is -2.37. The maximum atomic E-state index is 13.8. The highest BCUT2D eigenvalue weighted by atomic mass is 32.1. The quantitative estimate of drug-likeness (QED) is 0.413. The lowest BCUT2D eigenvalue weighted by atomic mass is 9.93. The second-order valence-corrected chi connectivity index (χ2v) is 9.62. The summed E-state index contributed by atoms with van der Waals surface area (Å²) < 4.78 is 10.6. The molecule has 3 aromatic rings. The Morgan fingerprint density at radius 3 is 2.54 bits per heavy atom. The van der Waals surface area contributed by atoms with Crippen LogP contribution in [0.4, 0.5) is 0 Å². The third-order valence-electron chi connectivity index (χ3n) is 6.43. The van der Waals surface area contributed by atoms with Gasteiger partial charge in [0, 0.05) is 23.5 Å². The first-order chi connectivity index (χ1) is 17.0. The van der Waals surface area contributed by atoms with Crippen LogP contribution in [0.3, 0.4) is 0 Å². The van der Waals surface area contributed by atoms with Crippen LogP contribution >= 0.6 is 11.3 Å². The molecule has 0 bridgehead atoms. The van der Waals surface area contributed by atoms with Gasteiger partial charge in [-0.2, -0.15) is 0 Å². The van der Waals surface area contributed by atoms with Crippen molar-refractivity contribution < 1.29 is 19.1 Å². The third-order valence-corrected chi connectivity index (χ3v) is 7.43. The number of ether oxygens (including phenoxy) is 2. The van der Waals surface area contributed by atoms with Crippen molar-refractivity contribution >= 4 is 23.2 Å². The number of rotatable bonds is 9. The van der Waals surface area contributed by atoms with E-state index < -0.39 is 0 Å². The van der Waals surface area contributed by atoms with Crippen molar-refractivity contribution in [1.82, 2.24) is 9.80 Å². The number of hydrogen-bond donors (Lipinski definition) is 0. The summed E-state index contributed by atoms with van der Waals surface area (Å²) in [5.41, 5.74) is 2.73. The maximum Gasteiger partial charge on any atom is 0.254 e. The van der Waals surface area contributed by atoms with E-state index in [2.05, 4.69) is 18.4 Å². The molecular weight excluding hydrogens is 460 g/mol. The Hall–Kier alpha value is -3.32. The van der Waals surface area contributed by atoms with Crippen molar-refractivity contribution in [3.63, 3.8) is 0 Å². The van der Waals surface area contributed by atoms with Gasteiger partial charge in [0.15, 0.2) is 0 Å². The van der Waals surface area contributed by atoms with Crippen molar-refractivity contribution in [2.45, 2.75) is 32.2 Å².